The van der Waals surface area contributed by atoms with Gasteiger partial charge < -0.3 is 10.4 Å². The summed E-state index contributed by atoms with van der Waals surface area (Å²) in [5.74, 6) is 0. The van der Waals surface area contributed by atoms with Crippen LogP contribution >= 0.6 is 0 Å². The quantitative estimate of drug-likeness (QED) is 0.600. The van der Waals surface area contributed by atoms with Gasteiger partial charge in [0.15, 0.2) is 0 Å². The van der Waals surface area contributed by atoms with E-state index in [1.54, 1.807) is 7.05 Å². The minimum Gasteiger partial charge on any atom is -0.660 e. The van der Waals surface area contributed by atoms with Crippen LogP contribution in [0.3, 0.4) is 0 Å². The maximum Gasteiger partial charge on any atom is 1.00 e. The van der Waals surface area contributed by atoms with E-state index in [2.05, 4.69) is 5.32 Å². The standard InChI is InChI=1S/C10H14NO.K/c1-11-10(8-12)7-9-5-3-2-4-6-9;/h2-6,10,12H,7-8H2,1H3;/q-1;+1. The van der Waals surface area contributed by atoms with Gasteiger partial charge in [0, 0.05) is 6.61 Å². The monoisotopic (exact) mass is 203 g/mol. The third-order valence-electron chi connectivity index (χ3n) is 1.89. The van der Waals surface area contributed by atoms with E-state index in [0.717, 1.165) is 6.42 Å². The number of aliphatic hydroxyl groups is 1. The first-order valence-electron chi connectivity index (χ1n) is 4.10. The molecular formula is C10H14KNO. The number of aliphatic hydroxyl groups excluding tert-OH is 1. The van der Waals surface area contributed by atoms with Crippen LogP contribution in [0.2, 0.25) is 0 Å². The summed E-state index contributed by atoms with van der Waals surface area (Å²) in [4.78, 5) is 0. The molecule has 1 atom stereocenters. The van der Waals surface area contributed by atoms with Crippen molar-refractivity contribution in [3.8, 4) is 0 Å². The van der Waals surface area contributed by atoms with Gasteiger partial charge in [-0.2, -0.15) is 7.05 Å². The van der Waals surface area contributed by atoms with Crippen molar-refractivity contribution < 1.29 is 56.5 Å². The van der Waals surface area contributed by atoms with Gasteiger partial charge in [-0.15, -0.1) is 6.04 Å². The predicted molar refractivity (Wildman–Crippen MR) is 50.3 cm³/mol. The normalized spacial score (nSPS) is 11.8. The van der Waals surface area contributed by atoms with E-state index in [9.17, 15) is 0 Å². The average molecular weight is 203 g/mol. The van der Waals surface area contributed by atoms with E-state index in [1.807, 2.05) is 30.3 Å². The molecule has 0 bridgehead atoms. The van der Waals surface area contributed by atoms with Gasteiger partial charge in [-0.1, -0.05) is 30.3 Å². The summed E-state index contributed by atoms with van der Waals surface area (Å²) in [7, 11) is 1.74. The van der Waals surface area contributed by atoms with E-state index in [1.165, 1.54) is 5.56 Å². The molecule has 2 nitrogen and oxygen atoms in total. The Morgan fingerprint density at radius 2 is 1.92 bits per heavy atom. The van der Waals surface area contributed by atoms with E-state index < -0.39 is 0 Å². The van der Waals surface area contributed by atoms with Crippen LogP contribution in [-0.2, 0) is 6.42 Å². The summed E-state index contributed by atoms with van der Waals surface area (Å²) < 4.78 is 0. The van der Waals surface area contributed by atoms with Crippen LogP contribution in [-0.4, -0.2) is 24.8 Å². The first-order valence-corrected chi connectivity index (χ1v) is 4.10. The molecule has 1 aromatic carbocycles. The Hall–Kier alpha value is 0.776. The van der Waals surface area contributed by atoms with Gasteiger partial charge in [0.25, 0.3) is 0 Å². The van der Waals surface area contributed by atoms with Gasteiger partial charge in [0.05, 0.1) is 0 Å². The maximum atomic E-state index is 8.89. The van der Waals surface area contributed by atoms with Crippen LogP contribution in [0, 0.1) is 0 Å². The Kier molecular flexibility index (Phi) is 8.60. The maximum absolute atomic E-state index is 8.89. The second-order valence-electron chi connectivity index (χ2n) is 2.78. The third kappa shape index (κ3) is 5.27. The smallest absolute Gasteiger partial charge is 0.660 e. The molecule has 0 aliphatic rings. The van der Waals surface area contributed by atoms with E-state index in [4.69, 9.17) is 5.11 Å². The molecule has 1 aromatic rings. The first-order chi connectivity index (χ1) is 5.86. The van der Waals surface area contributed by atoms with E-state index >= 15 is 0 Å². The van der Waals surface area contributed by atoms with Crippen molar-refractivity contribution in [2.75, 3.05) is 13.7 Å². The summed E-state index contributed by atoms with van der Waals surface area (Å²) in [6.45, 7) is 0.130. The molecule has 3 heteroatoms. The number of hydrogen-bond donors (Lipinski definition) is 1. The average Bonchev–Trinajstić information content (AvgIpc) is 2.16. The number of likely N-dealkylation sites (N-methyl/N-ethyl adjacent to an activating group) is 1. The molecule has 0 radical (unpaired) electrons. The van der Waals surface area contributed by atoms with E-state index in [0.29, 0.717) is 0 Å². The minimum atomic E-state index is 0. The fraction of sp³-hybridized carbons (Fsp3) is 0.400. The van der Waals surface area contributed by atoms with Crippen LogP contribution in [0.15, 0.2) is 30.3 Å². The zero-order valence-corrected chi connectivity index (χ0v) is 11.4. The molecule has 1 unspecified atom stereocenters. The summed E-state index contributed by atoms with van der Waals surface area (Å²) in [5.41, 5.74) is 1.22. The molecule has 0 saturated heterocycles. The fourth-order valence-electron chi connectivity index (χ4n) is 1.12. The molecular weight excluding hydrogens is 189 g/mol. The molecule has 0 heterocycles. The number of benzene rings is 1. The summed E-state index contributed by atoms with van der Waals surface area (Å²) in [6.07, 6.45) is 0.827. The Labute approximate surface area is 122 Å². The minimum absolute atomic E-state index is 0. The summed E-state index contributed by atoms with van der Waals surface area (Å²) >= 11 is 0. The molecule has 0 saturated carbocycles. The van der Waals surface area contributed by atoms with Gasteiger partial charge in [-0.05, 0) is 12.0 Å². The number of rotatable bonds is 4. The second-order valence-corrected chi connectivity index (χ2v) is 2.78. The third-order valence-corrected chi connectivity index (χ3v) is 1.89. The predicted octanol–water partition coefficient (Wildman–Crippen LogP) is -1.40. The van der Waals surface area contributed by atoms with Crippen molar-refractivity contribution in [2.24, 2.45) is 0 Å². The molecule has 0 aliphatic carbocycles. The molecule has 0 aliphatic heterocycles. The second kappa shape index (κ2) is 8.12. The topological polar surface area (TPSA) is 34.3 Å². The molecule has 0 amide bonds. The van der Waals surface area contributed by atoms with Crippen molar-refractivity contribution in [1.82, 2.24) is 0 Å². The number of hydrogen-bond acceptors (Lipinski definition) is 1. The van der Waals surface area contributed by atoms with Crippen molar-refractivity contribution in [3.05, 3.63) is 41.2 Å². The van der Waals surface area contributed by atoms with Crippen molar-refractivity contribution in [3.63, 3.8) is 0 Å². The molecule has 1 N–H and O–H groups in total. The SMILES string of the molecule is C[N-]C(CO)Cc1ccccc1.[K+]. The van der Waals surface area contributed by atoms with Gasteiger partial charge in [0.2, 0.25) is 0 Å². The van der Waals surface area contributed by atoms with Crippen molar-refractivity contribution in [1.29, 1.82) is 0 Å². The molecule has 0 spiro atoms. The number of nitrogens with zero attached hydrogens (tertiary/aromatic N) is 1. The zero-order chi connectivity index (χ0) is 8.81. The van der Waals surface area contributed by atoms with Crippen LogP contribution in [0.25, 0.3) is 5.32 Å². The first kappa shape index (κ1) is 13.8. The van der Waals surface area contributed by atoms with E-state index in [-0.39, 0.29) is 64.0 Å². The van der Waals surface area contributed by atoms with Crippen LogP contribution in [0.1, 0.15) is 5.56 Å². The van der Waals surface area contributed by atoms with Crippen LogP contribution in [0.5, 0.6) is 0 Å². The summed E-state index contributed by atoms with van der Waals surface area (Å²) in [5, 5.41) is 12.9. The van der Waals surface area contributed by atoms with Gasteiger partial charge in [0.1, 0.15) is 0 Å². The van der Waals surface area contributed by atoms with Gasteiger partial charge in [-0.3, -0.25) is 0 Å². The Morgan fingerprint density at radius 1 is 1.31 bits per heavy atom. The zero-order valence-electron chi connectivity index (χ0n) is 8.27. The van der Waals surface area contributed by atoms with Gasteiger partial charge in [-0.25, -0.2) is 0 Å². The Morgan fingerprint density at radius 3 is 2.38 bits per heavy atom. The molecule has 13 heavy (non-hydrogen) atoms. The Balaban J connectivity index is 0.00000144. The van der Waals surface area contributed by atoms with Crippen LogP contribution < -0.4 is 51.4 Å². The fourth-order valence-corrected chi connectivity index (χ4v) is 1.12. The molecule has 0 aromatic heterocycles. The Bertz CT molecular complexity index is 211. The molecule has 66 valence electrons. The van der Waals surface area contributed by atoms with Crippen molar-refractivity contribution in [2.45, 2.75) is 12.5 Å². The van der Waals surface area contributed by atoms with Gasteiger partial charge >= 0.3 is 51.4 Å². The largest absolute Gasteiger partial charge is 1.00 e. The van der Waals surface area contributed by atoms with Crippen LogP contribution in [0.4, 0.5) is 0 Å². The van der Waals surface area contributed by atoms with Crippen molar-refractivity contribution >= 4 is 0 Å². The molecule has 0 fully saturated rings. The molecule has 1 rings (SSSR count). The summed E-state index contributed by atoms with van der Waals surface area (Å²) in [6, 6.07) is 10.1.